The molecule has 39 heavy (non-hydrogen) atoms. The maximum Gasteiger partial charge on any atom is 0.227 e. The van der Waals surface area contributed by atoms with Gasteiger partial charge in [-0.15, -0.1) is 0 Å². The first kappa shape index (κ1) is 29.7. The van der Waals surface area contributed by atoms with Crippen LogP contribution in [0.2, 0.25) is 0 Å². The van der Waals surface area contributed by atoms with Gasteiger partial charge in [0.05, 0.1) is 11.2 Å². The van der Waals surface area contributed by atoms with Crippen LogP contribution in [0.3, 0.4) is 0 Å². The van der Waals surface area contributed by atoms with Gasteiger partial charge < -0.3 is 10.2 Å². The Morgan fingerprint density at radius 3 is 2.10 bits per heavy atom. The molecule has 214 valence electrons. The number of benzene rings is 2. The SMILES string of the molecule is CS(=O)(=O)c1ccc(N(CCC(c2ccccc2)C2CCN(S(C)(=O)=O)CC2)C(=O)CC2CCNCC2)cc1. The molecule has 2 aliphatic heterocycles. The number of carbonyl (C=O) groups is 1. The summed E-state index contributed by atoms with van der Waals surface area (Å²) in [7, 11) is -6.54. The fraction of sp³-hybridized carbons (Fsp3) is 0.552. The Morgan fingerprint density at radius 1 is 0.923 bits per heavy atom. The number of amides is 1. The average Bonchev–Trinajstić information content (AvgIpc) is 2.91. The lowest BCUT2D eigenvalue weighted by Gasteiger charge is -2.36. The van der Waals surface area contributed by atoms with Crippen LogP contribution in [-0.2, 0) is 24.7 Å². The zero-order valence-corrected chi connectivity index (χ0v) is 24.6. The Kier molecular flexibility index (Phi) is 9.85. The molecule has 2 saturated heterocycles. The number of anilines is 1. The molecule has 10 heteroatoms. The predicted molar refractivity (Wildman–Crippen MR) is 155 cm³/mol. The van der Waals surface area contributed by atoms with Crippen molar-refractivity contribution in [1.82, 2.24) is 9.62 Å². The molecule has 2 fully saturated rings. The summed E-state index contributed by atoms with van der Waals surface area (Å²) in [6.45, 7) is 3.37. The third-order valence-electron chi connectivity index (χ3n) is 8.23. The number of hydrogen-bond donors (Lipinski definition) is 1. The normalized spacial score (nSPS) is 19.0. The number of carbonyl (C=O) groups excluding carboxylic acids is 1. The van der Waals surface area contributed by atoms with Crippen LogP contribution >= 0.6 is 0 Å². The van der Waals surface area contributed by atoms with Crippen molar-refractivity contribution >= 4 is 31.5 Å². The Balaban J connectivity index is 1.56. The molecule has 0 spiro atoms. The summed E-state index contributed by atoms with van der Waals surface area (Å²) in [4.78, 5) is 15.7. The first-order valence-corrected chi connectivity index (χ1v) is 17.6. The van der Waals surface area contributed by atoms with Crippen molar-refractivity contribution in [3.63, 3.8) is 0 Å². The number of nitrogens with zero attached hydrogens (tertiary/aromatic N) is 2. The quantitative estimate of drug-likeness (QED) is 0.464. The Hall–Kier alpha value is -2.27. The molecule has 1 unspecified atom stereocenters. The largest absolute Gasteiger partial charge is 0.317 e. The van der Waals surface area contributed by atoms with Crippen LogP contribution in [0.5, 0.6) is 0 Å². The number of sulfone groups is 1. The minimum Gasteiger partial charge on any atom is -0.317 e. The Morgan fingerprint density at radius 2 is 1.54 bits per heavy atom. The van der Waals surface area contributed by atoms with Crippen LogP contribution < -0.4 is 10.2 Å². The highest BCUT2D eigenvalue weighted by Gasteiger charge is 2.32. The number of hydrogen-bond acceptors (Lipinski definition) is 6. The first-order valence-electron chi connectivity index (χ1n) is 13.8. The molecule has 1 atom stereocenters. The van der Waals surface area contributed by atoms with Crippen LogP contribution in [0, 0.1) is 11.8 Å². The lowest BCUT2D eigenvalue weighted by atomic mass is 9.78. The van der Waals surface area contributed by atoms with Gasteiger partial charge in [-0.25, -0.2) is 21.1 Å². The summed E-state index contributed by atoms with van der Waals surface area (Å²) in [5, 5.41) is 3.35. The molecule has 1 N–H and O–H groups in total. The van der Waals surface area contributed by atoms with Crippen molar-refractivity contribution in [3.8, 4) is 0 Å². The van der Waals surface area contributed by atoms with Crippen molar-refractivity contribution in [2.24, 2.45) is 11.8 Å². The minimum absolute atomic E-state index is 0.0627. The van der Waals surface area contributed by atoms with Gasteiger partial charge in [-0.1, -0.05) is 30.3 Å². The van der Waals surface area contributed by atoms with E-state index in [0.717, 1.165) is 45.2 Å². The maximum absolute atomic E-state index is 13.7. The molecular formula is C29H41N3O5S2. The van der Waals surface area contributed by atoms with E-state index < -0.39 is 19.9 Å². The molecule has 2 aromatic carbocycles. The lowest BCUT2D eigenvalue weighted by Crippen LogP contribution is -2.40. The number of sulfonamides is 1. The smallest absolute Gasteiger partial charge is 0.227 e. The second-order valence-electron chi connectivity index (χ2n) is 11.0. The molecule has 0 radical (unpaired) electrons. The lowest BCUT2D eigenvalue weighted by molar-refractivity contribution is -0.119. The molecule has 1 amide bonds. The first-order chi connectivity index (χ1) is 18.5. The molecule has 0 aromatic heterocycles. The van der Waals surface area contributed by atoms with Gasteiger partial charge in [0.15, 0.2) is 9.84 Å². The van der Waals surface area contributed by atoms with Gasteiger partial charge in [-0.3, -0.25) is 4.79 Å². The molecule has 0 saturated carbocycles. The molecule has 0 aliphatic carbocycles. The molecule has 2 heterocycles. The fourth-order valence-corrected chi connectivity index (χ4v) is 7.47. The van der Waals surface area contributed by atoms with E-state index in [1.165, 1.54) is 18.1 Å². The molecule has 2 aromatic rings. The molecule has 0 bridgehead atoms. The van der Waals surface area contributed by atoms with E-state index in [1.54, 1.807) is 28.6 Å². The van der Waals surface area contributed by atoms with Gasteiger partial charge in [0.1, 0.15) is 0 Å². The monoisotopic (exact) mass is 575 g/mol. The maximum atomic E-state index is 13.7. The van der Waals surface area contributed by atoms with Crippen LogP contribution in [0.25, 0.3) is 0 Å². The second-order valence-corrected chi connectivity index (χ2v) is 15.0. The van der Waals surface area contributed by atoms with E-state index in [9.17, 15) is 21.6 Å². The highest BCUT2D eigenvalue weighted by Crippen LogP contribution is 2.36. The zero-order valence-electron chi connectivity index (χ0n) is 23.0. The topological polar surface area (TPSA) is 104 Å². The molecule has 2 aliphatic rings. The number of nitrogens with one attached hydrogen (secondary N) is 1. The van der Waals surface area contributed by atoms with Crippen LogP contribution in [0.15, 0.2) is 59.5 Å². The van der Waals surface area contributed by atoms with Gasteiger partial charge in [0, 0.05) is 38.0 Å². The van der Waals surface area contributed by atoms with Gasteiger partial charge >= 0.3 is 0 Å². The van der Waals surface area contributed by atoms with E-state index in [-0.39, 0.29) is 16.7 Å². The van der Waals surface area contributed by atoms with E-state index in [2.05, 4.69) is 17.4 Å². The van der Waals surface area contributed by atoms with E-state index in [4.69, 9.17) is 0 Å². The van der Waals surface area contributed by atoms with E-state index in [0.29, 0.717) is 43.6 Å². The number of piperidine rings is 2. The third-order valence-corrected chi connectivity index (χ3v) is 10.7. The van der Waals surface area contributed by atoms with Gasteiger partial charge in [0.25, 0.3) is 0 Å². The predicted octanol–water partition coefficient (Wildman–Crippen LogP) is 3.66. The van der Waals surface area contributed by atoms with E-state index in [1.807, 2.05) is 23.1 Å². The minimum atomic E-state index is -3.34. The van der Waals surface area contributed by atoms with Gasteiger partial charge in [-0.2, -0.15) is 0 Å². The molecular weight excluding hydrogens is 534 g/mol. The van der Waals surface area contributed by atoms with Crippen LogP contribution in [0.4, 0.5) is 5.69 Å². The summed E-state index contributed by atoms with van der Waals surface area (Å²) in [6, 6.07) is 16.9. The third kappa shape index (κ3) is 8.13. The summed E-state index contributed by atoms with van der Waals surface area (Å²) in [5.74, 6) is 0.881. The average molecular weight is 576 g/mol. The van der Waals surface area contributed by atoms with Crippen LogP contribution in [0.1, 0.15) is 50.0 Å². The highest BCUT2D eigenvalue weighted by molar-refractivity contribution is 7.90. The Labute approximate surface area is 233 Å². The van der Waals surface area contributed by atoms with Crippen LogP contribution in [-0.4, -0.2) is 72.3 Å². The van der Waals surface area contributed by atoms with Crippen molar-refractivity contribution in [3.05, 3.63) is 60.2 Å². The van der Waals surface area contributed by atoms with Crippen molar-refractivity contribution in [1.29, 1.82) is 0 Å². The van der Waals surface area contributed by atoms with Crippen molar-refractivity contribution < 1.29 is 21.6 Å². The van der Waals surface area contributed by atoms with Crippen molar-refractivity contribution in [2.45, 2.75) is 49.3 Å². The summed E-state index contributed by atoms with van der Waals surface area (Å²) < 4.78 is 49.7. The van der Waals surface area contributed by atoms with Gasteiger partial charge in [0.2, 0.25) is 15.9 Å². The van der Waals surface area contributed by atoms with E-state index >= 15 is 0 Å². The Bertz CT molecular complexity index is 1300. The summed E-state index contributed by atoms with van der Waals surface area (Å²) in [5.41, 5.74) is 1.91. The standard InChI is InChI=1S/C29H41N3O5S2/c1-38(34,35)27-10-8-26(9-11-27)32(29(33)22-23-12-17-30-18-13-23)21-16-28(24-6-4-3-5-7-24)25-14-19-31(20-15-25)39(2,36)37/h3-11,23,25,28,30H,12-22H2,1-2H3. The molecule has 4 rings (SSSR count). The highest BCUT2D eigenvalue weighted by atomic mass is 32.2. The number of rotatable bonds is 10. The van der Waals surface area contributed by atoms with Gasteiger partial charge in [-0.05, 0) is 92.8 Å². The second kappa shape index (κ2) is 12.9. The van der Waals surface area contributed by atoms with Crippen molar-refractivity contribution in [2.75, 3.05) is 50.1 Å². The zero-order chi connectivity index (χ0) is 28.0. The molecule has 8 nitrogen and oxygen atoms in total. The summed E-state index contributed by atoms with van der Waals surface area (Å²) >= 11 is 0. The fourth-order valence-electron chi connectivity index (χ4n) is 5.97. The summed E-state index contributed by atoms with van der Waals surface area (Å²) in [6.07, 6.45) is 7.15.